The summed E-state index contributed by atoms with van der Waals surface area (Å²) in [6.07, 6.45) is 0. The van der Waals surface area contributed by atoms with E-state index in [9.17, 15) is 14.4 Å². The first-order valence-electron chi connectivity index (χ1n) is 6.33. The molecule has 0 bridgehead atoms. The molecule has 20 heavy (non-hydrogen) atoms. The maximum absolute atomic E-state index is 12.1. The summed E-state index contributed by atoms with van der Waals surface area (Å²) in [5.74, 6) is -2.58. The molecular weight excluding hydrogens is 280 g/mol. The van der Waals surface area contributed by atoms with Crippen LogP contribution in [0, 0.1) is 5.92 Å². The van der Waals surface area contributed by atoms with Crippen LogP contribution in [0.4, 0.5) is 0 Å². The lowest BCUT2D eigenvalue weighted by Gasteiger charge is -2.35. The van der Waals surface area contributed by atoms with Crippen LogP contribution in [0.25, 0.3) is 0 Å². The third kappa shape index (κ3) is 2.98. The molecular formula is C13H16N2O4S. The van der Waals surface area contributed by atoms with Gasteiger partial charge in [0, 0.05) is 31.6 Å². The first kappa shape index (κ1) is 14.5. The zero-order valence-electron chi connectivity index (χ0n) is 11.1. The zero-order valence-corrected chi connectivity index (χ0v) is 11.9. The summed E-state index contributed by atoms with van der Waals surface area (Å²) >= 11 is 1.47. The molecule has 0 aromatic carbocycles. The third-order valence-corrected chi connectivity index (χ3v) is 4.07. The number of piperazine rings is 1. The van der Waals surface area contributed by atoms with Gasteiger partial charge >= 0.3 is 5.97 Å². The Morgan fingerprint density at radius 2 is 1.80 bits per heavy atom. The van der Waals surface area contributed by atoms with E-state index < -0.39 is 11.9 Å². The molecule has 1 aliphatic rings. The van der Waals surface area contributed by atoms with Crippen molar-refractivity contribution in [3.8, 4) is 0 Å². The van der Waals surface area contributed by atoms with Crippen molar-refractivity contribution in [3.63, 3.8) is 0 Å². The van der Waals surface area contributed by atoms with Gasteiger partial charge in [0.05, 0.1) is 5.56 Å². The Morgan fingerprint density at radius 1 is 1.20 bits per heavy atom. The highest BCUT2D eigenvalue weighted by atomic mass is 32.1. The Hall–Kier alpha value is -1.89. The minimum Gasteiger partial charge on any atom is -0.481 e. The fraction of sp³-hybridized carbons (Fsp3) is 0.462. The van der Waals surface area contributed by atoms with Gasteiger partial charge in [-0.25, -0.2) is 0 Å². The second-order valence-electron chi connectivity index (χ2n) is 4.69. The van der Waals surface area contributed by atoms with Crippen molar-refractivity contribution in [1.29, 1.82) is 0 Å². The molecule has 1 unspecified atom stereocenters. The minimum atomic E-state index is -1.12. The molecule has 0 aliphatic carbocycles. The van der Waals surface area contributed by atoms with E-state index in [0.717, 1.165) is 0 Å². The molecule has 1 aromatic heterocycles. The molecule has 7 heteroatoms. The summed E-state index contributed by atoms with van der Waals surface area (Å²) < 4.78 is 0. The number of nitrogens with zero attached hydrogens (tertiary/aromatic N) is 2. The number of carbonyl (C=O) groups excluding carboxylic acids is 2. The van der Waals surface area contributed by atoms with Crippen LogP contribution in [0.5, 0.6) is 0 Å². The molecule has 2 amide bonds. The van der Waals surface area contributed by atoms with Gasteiger partial charge in [-0.05, 0) is 18.4 Å². The third-order valence-electron chi connectivity index (χ3n) is 3.39. The molecule has 0 saturated carbocycles. The van der Waals surface area contributed by atoms with Gasteiger partial charge in [-0.3, -0.25) is 14.4 Å². The van der Waals surface area contributed by atoms with E-state index in [1.54, 1.807) is 16.3 Å². The van der Waals surface area contributed by atoms with Gasteiger partial charge in [-0.15, -0.1) is 0 Å². The highest BCUT2D eigenvalue weighted by Gasteiger charge is 2.30. The number of hydrogen-bond acceptors (Lipinski definition) is 4. The van der Waals surface area contributed by atoms with Crippen LogP contribution in [0.1, 0.15) is 17.3 Å². The summed E-state index contributed by atoms with van der Waals surface area (Å²) in [7, 11) is 0. The predicted octanol–water partition coefficient (Wildman–Crippen LogP) is 0.753. The number of thiophene rings is 1. The van der Waals surface area contributed by atoms with E-state index in [1.165, 1.54) is 23.2 Å². The summed E-state index contributed by atoms with van der Waals surface area (Å²) in [6.45, 7) is 3.02. The van der Waals surface area contributed by atoms with Gasteiger partial charge in [0.1, 0.15) is 5.92 Å². The summed E-state index contributed by atoms with van der Waals surface area (Å²) in [6, 6.07) is 1.77. The van der Waals surface area contributed by atoms with Crippen LogP contribution in [0.3, 0.4) is 0 Å². The lowest BCUT2D eigenvalue weighted by Crippen LogP contribution is -2.52. The number of amides is 2. The van der Waals surface area contributed by atoms with Crippen LogP contribution in [-0.4, -0.2) is 58.9 Å². The molecule has 1 aromatic rings. The molecule has 1 saturated heterocycles. The fourth-order valence-corrected chi connectivity index (χ4v) is 2.71. The number of carboxylic acid groups (broad SMARTS) is 1. The molecule has 0 spiro atoms. The Morgan fingerprint density at radius 3 is 2.30 bits per heavy atom. The van der Waals surface area contributed by atoms with E-state index >= 15 is 0 Å². The highest BCUT2D eigenvalue weighted by Crippen LogP contribution is 2.13. The quantitative estimate of drug-likeness (QED) is 0.835. The average Bonchev–Trinajstić information content (AvgIpc) is 2.99. The molecule has 6 nitrogen and oxygen atoms in total. The van der Waals surface area contributed by atoms with E-state index in [-0.39, 0.29) is 11.8 Å². The van der Waals surface area contributed by atoms with Crippen molar-refractivity contribution in [1.82, 2.24) is 9.80 Å². The summed E-state index contributed by atoms with van der Waals surface area (Å²) in [5, 5.41) is 12.5. The lowest BCUT2D eigenvalue weighted by atomic mass is 10.1. The van der Waals surface area contributed by atoms with Crippen molar-refractivity contribution < 1.29 is 19.5 Å². The summed E-state index contributed by atoms with van der Waals surface area (Å²) in [5.41, 5.74) is 0.661. The van der Waals surface area contributed by atoms with Gasteiger partial charge in [0.25, 0.3) is 5.91 Å². The fourth-order valence-electron chi connectivity index (χ4n) is 2.08. The molecule has 1 aliphatic heterocycles. The Labute approximate surface area is 120 Å². The number of carbonyl (C=O) groups is 3. The Kier molecular flexibility index (Phi) is 4.39. The van der Waals surface area contributed by atoms with Crippen LogP contribution in [0.15, 0.2) is 16.8 Å². The monoisotopic (exact) mass is 296 g/mol. The van der Waals surface area contributed by atoms with Crippen LogP contribution >= 0.6 is 11.3 Å². The van der Waals surface area contributed by atoms with Crippen LogP contribution in [-0.2, 0) is 9.59 Å². The van der Waals surface area contributed by atoms with Gasteiger partial charge < -0.3 is 14.9 Å². The second-order valence-corrected chi connectivity index (χ2v) is 5.47. The molecule has 108 valence electrons. The molecule has 1 fully saturated rings. The molecule has 0 radical (unpaired) electrons. The lowest BCUT2D eigenvalue weighted by molar-refractivity contribution is -0.151. The van der Waals surface area contributed by atoms with Crippen molar-refractivity contribution in [2.45, 2.75) is 6.92 Å². The van der Waals surface area contributed by atoms with Gasteiger partial charge in [-0.2, -0.15) is 11.3 Å². The first-order chi connectivity index (χ1) is 9.50. The standard InChI is InChI=1S/C13H16N2O4S/c1-9(13(18)19)11(16)14-3-5-15(6-4-14)12(17)10-2-7-20-8-10/h2,7-9H,3-6H2,1H3,(H,18,19). The van der Waals surface area contributed by atoms with Crippen molar-refractivity contribution in [2.75, 3.05) is 26.2 Å². The molecule has 1 atom stereocenters. The maximum Gasteiger partial charge on any atom is 0.315 e. The van der Waals surface area contributed by atoms with Crippen molar-refractivity contribution in [3.05, 3.63) is 22.4 Å². The molecule has 2 rings (SSSR count). The van der Waals surface area contributed by atoms with Gasteiger partial charge in [-0.1, -0.05) is 0 Å². The number of aliphatic carboxylic acids is 1. The van der Waals surface area contributed by atoms with E-state index in [4.69, 9.17) is 5.11 Å². The molecule has 2 heterocycles. The Balaban J connectivity index is 1.91. The largest absolute Gasteiger partial charge is 0.481 e. The molecule has 1 N–H and O–H groups in total. The number of rotatable bonds is 3. The van der Waals surface area contributed by atoms with E-state index in [1.807, 2.05) is 5.38 Å². The van der Waals surface area contributed by atoms with E-state index in [2.05, 4.69) is 0 Å². The minimum absolute atomic E-state index is 0.0374. The summed E-state index contributed by atoms with van der Waals surface area (Å²) in [4.78, 5) is 38.0. The number of hydrogen-bond donors (Lipinski definition) is 1. The van der Waals surface area contributed by atoms with E-state index in [0.29, 0.717) is 31.7 Å². The van der Waals surface area contributed by atoms with Crippen LogP contribution in [0.2, 0.25) is 0 Å². The van der Waals surface area contributed by atoms with Crippen molar-refractivity contribution >= 4 is 29.1 Å². The predicted molar refractivity (Wildman–Crippen MR) is 73.6 cm³/mol. The SMILES string of the molecule is CC(C(=O)O)C(=O)N1CCN(C(=O)c2ccsc2)CC1. The second kappa shape index (κ2) is 6.04. The topological polar surface area (TPSA) is 77.9 Å². The average molecular weight is 296 g/mol. The highest BCUT2D eigenvalue weighted by molar-refractivity contribution is 7.08. The normalized spacial score (nSPS) is 16.9. The maximum atomic E-state index is 12.1. The van der Waals surface area contributed by atoms with Crippen molar-refractivity contribution in [2.24, 2.45) is 5.92 Å². The van der Waals surface area contributed by atoms with Gasteiger partial charge in [0.2, 0.25) is 5.91 Å². The number of carboxylic acids is 1. The first-order valence-corrected chi connectivity index (χ1v) is 7.28. The zero-order chi connectivity index (χ0) is 14.7. The smallest absolute Gasteiger partial charge is 0.315 e. The Bertz CT molecular complexity index is 506. The van der Waals surface area contributed by atoms with Gasteiger partial charge in [0.15, 0.2) is 0 Å². The van der Waals surface area contributed by atoms with Crippen LogP contribution < -0.4 is 0 Å².